The Balaban J connectivity index is 2.19. The molecule has 2 nitrogen and oxygen atoms in total. The lowest BCUT2D eigenvalue weighted by molar-refractivity contribution is 0.248. The molecule has 0 bridgehead atoms. The minimum absolute atomic E-state index is 0.747. The van der Waals surface area contributed by atoms with E-state index in [4.69, 9.17) is 0 Å². The molecule has 0 spiro atoms. The largest absolute Gasteiger partial charge is 0.313 e. The van der Waals surface area contributed by atoms with Crippen LogP contribution in [0.4, 0.5) is 0 Å². The lowest BCUT2D eigenvalue weighted by atomic mass is 10.2. The molecule has 1 aliphatic heterocycles. The maximum absolute atomic E-state index is 3.54. The van der Waals surface area contributed by atoms with Crippen LogP contribution >= 0.6 is 11.8 Å². The van der Waals surface area contributed by atoms with Crippen LogP contribution in [0.3, 0.4) is 0 Å². The minimum Gasteiger partial charge on any atom is -0.313 e. The Morgan fingerprint density at radius 1 is 1.57 bits per heavy atom. The van der Waals surface area contributed by atoms with Gasteiger partial charge in [-0.15, -0.1) is 0 Å². The van der Waals surface area contributed by atoms with Gasteiger partial charge < -0.3 is 5.32 Å². The zero-order chi connectivity index (χ0) is 10.4. The van der Waals surface area contributed by atoms with Crippen LogP contribution < -0.4 is 5.32 Å². The Kier molecular flexibility index (Phi) is 5.90. The van der Waals surface area contributed by atoms with Gasteiger partial charge in [-0.2, -0.15) is 11.8 Å². The van der Waals surface area contributed by atoms with Crippen molar-refractivity contribution in [1.29, 1.82) is 0 Å². The number of nitrogens with one attached hydrogen (secondary N) is 1. The molecule has 14 heavy (non-hydrogen) atoms. The Labute approximate surface area is 92.8 Å². The first-order chi connectivity index (χ1) is 6.77. The molecule has 0 aromatic carbocycles. The fourth-order valence-electron chi connectivity index (χ4n) is 2.11. The number of rotatable bonds is 6. The molecule has 2 atom stereocenters. The Morgan fingerprint density at radius 3 is 3.00 bits per heavy atom. The van der Waals surface area contributed by atoms with Gasteiger partial charge in [-0.25, -0.2) is 0 Å². The Hall–Kier alpha value is 0.270. The maximum Gasteiger partial charge on any atom is 0.0207 e. The normalized spacial score (nSPS) is 25.5. The predicted octanol–water partition coefficient (Wildman–Crippen LogP) is 1.81. The van der Waals surface area contributed by atoms with Crippen LogP contribution in [0.15, 0.2) is 0 Å². The molecule has 1 fully saturated rings. The highest BCUT2D eigenvalue weighted by Gasteiger charge is 2.24. The third-order valence-corrected chi connectivity index (χ3v) is 3.72. The summed E-state index contributed by atoms with van der Waals surface area (Å²) in [6, 6.07) is 1.52. The first kappa shape index (κ1) is 12.3. The van der Waals surface area contributed by atoms with E-state index in [0.29, 0.717) is 0 Å². The van der Waals surface area contributed by atoms with E-state index in [9.17, 15) is 0 Å². The van der Waals surface area contributed by atoms with Crippen LogP contribution in [-0.4, -0.2) is 48.6 Å². The molecule has 0 saturated carbocycles. The van der Waals surface area contributed by atoms with Gasteiger partial charge >= 0.3 is 0 Å². The molecular formula is C11H24N2S. The number of nitrogens with zero attached hydrogens (tertiary/aromatic N) is 1. The van der Waals surface area contributed by atoms with Crippen molar-refractivity contribution in [3.05, 3.63) is 0 Å². The quantitative estimate of drug-likeness (QED) is 0.729. The molecule has 0 amide bonds. The number of likely N-dealkylation sites (tertiary alicyclic amines) is 1. The lowest BCUT2D eigenvalue weighted by Gasteiger charge is -2.24. The molecule has 1 saturated heterocycles. The number of likely N-dealkylation sites (N-methyl/N-ethyl adjacent to an activating group) is 1. The van der Waals surface area contributed by atoms with Crippen molar-refractivity contribution in [2.75, 3.05) is 31.6 Å². The van der Waals surface area contributed by atoms with E-state index in [1.54, 1.807) is 0 Å². The molecule has 0 aromatic heterocycles. The average molecular weight is 216 g/mol. The monoisotopic (exact) mass is 216 g/mol. The van der Waals surface area contributed by atoms with Gasteiger partial charge in [0.1, 0.15) is 0 Å². The molecule has 1 N–H and O–H groups in total. The fourth-order valence-corrected chi connectivity index (χ4v) is 2.69. The van der Waals surface area contributed by atoms with E-state index in [1.165, 1.54) is 31.7 Å². The zero-order valence-electron chi connectivity index (χ0n) is 9.75. The number of hydrogen-bond acceptors (Lipinski definition) is 3. The summed E-state index contributed by atoms with van der Waals surface area (Å²) >= 11 is 1.96. The van der Waals surface area contributed by atoms with E-state index >= 15 is 0 Å². The van der Waals surface area contributed by atoms with Crippen LogP contribution in [0.1, 0.15) is 26.7 Å². The van der Waals surface area contributed by atoms with Crippen molar-refractivity contribution in [2.45, 2.75) is 38.8 Å². The zero-order valence-corrected chi connectivity index (χ0v) is 10.6. The molecule has 1 rings (SSSR count). The van der Waals surface area contributed by atoms with Crippen LogP contribution in [0, 0.1) is 0 Å². The van der Waals surface area contributed by atoms with Gasteiger partial charge in [-0.1, -0.05) is 6.92 Å². The molecule has 0 radical (unpaired) electrons. The third-order valence-electron chi connectivity index (χ3n) is 3.08. The van der Waals surface area contributed by atoms with Crippen LogP contribution in [0.25, 0.3) is 0 Å². The smallest absolute Gasteiger partial charge is 0.0207 e. The summed E-state index contributed by atoms with van der Waals surface area (Å²) in [5, 5.41) is 3.54. The SMILES string of the molecule is CCNC1CCN(C(C)CCSC)C1. The summed E-state index contributed by atoms with van der Waals surface area (Å²) in [7, 11) is 0. The van der Waals surface area contributed by atoms with Gasteiger partial charge in [0.2, 0.25) is 0 Å². The second kappa shape index (κ2) is 6.70. The highest BCUT2D eigenvalue weighted by molar-refractivity contribution is 7.98. The van der Waals surface area contributed by atoms with Gasteiger partial charge in [0.05, 0.1) is 0 Å². The summed E-state index contributed by atoms with van der Waals surface area (Å²) in [5.41, 5.74) is 0. The Morgan fingerprint density at radius 2 is 2.36 bits per heavy atom. The summed E-state index contributed by atoms with van der Waals surface area (Å²) in [5.74, 6) is 1.30. The lowest BCUT2D eigenvalue weighted by Crippen LogP contribution is -2.36. The van der Waals surface area contributed by atoms with Gasteiger partial charge in [-0.3, -0.25) is 4.90 Å². The molecule has 3 heteroatoms. The highest BCUT2D eigenvalue weighted by Crippen LogP contribution is 2.15. The van der Waals surface area contributed by atoms with Crippen molar-refractivity contribution in [3.8, 4) is 0 Å². The van der Waals surface area contributed by atoms with Gasteiger partial charge in [0, 0.05) is 25.2 Å². The van der Waals surface area contributed by atoms with Crippen molar-refractivity contribution < 1.29 is 0 Å². The van der Waals surface area contributed by atoms with Crippen LogP contribution in [0.2, 0.25) is 0 Å². The summed E-state index contributed by atoms with van der Waals surface area (Å²) < 4.78 is 0. The second-order valence-electron chi connectivity index (χ2n) is 4.17. The van der Waals surface area contributed by atoms with Gasteiger partial charge in [-0.05, 0) is 38.3 Å². The molecule has 0 aromatic rings. The fraction of sp³-hybridized carbons (Fsp3) is 1.00. The highest BCUT2D eigenvalue weighted by atomic mass is 32.2. The van der Waals surface area contributed by atoms with Gasteiger partial charge in [0.15, 0.2) is 0 Å². The van der Waals surface area contributed by atoms with E-state index in [-0.39, 0.29) is 0 Å². The van der Waals surface area contributed by atoms with E-state index in [0.717, 1.165) is 18.6 Å². The van der Waals surface area contributed by atoms with E-state index in [1.807, 2.05) is 11.8 Å². The first-order valence-electron chi connectivity index (χ1n) is 5.74. The van der Waals surface area contributed by atoms with Gasteiger partial charge in [0.25, 0.3) is 0 Å². The summed E-state index contributed by atoms with van der Waals surface area (Å²) in [4.78, 5) is 2.63. The minimum atomic E-state index is 0.747. The topological polar surface area (TPSA) is 15.3 Å². The van der Waals surface area contributed by atoms with Crippen LogP contribution in [-0.2, 0) is 0 Å². The third kappa shape index (κ3) is 3.79. The number of hydrogen-bond donors (Lipinski definition) is 1. The maximum atomic E-state index is 3.54. The van der Waals surface area contributed by atoms with E-state index in [2.05, 4.69) is 30.3 Å². The predicted molar refractivity (Wildman–Crippen MR) is 66.1 cm³/mol. The Bertz CT molecular complexity index is 152. The van der Waals surface area contributed by atoms with Crippen molar-refractivity contribution in [3.63, 3.8) is 0 Å². The van der Waals surface area contributed by atoms with Crippen molar-refractivity contribution >= 4 is 11.8 Å². The second-order valence-corrected chi connectivity index (χ2v) is 5.15. The van der Waals surface area contributed by atoms with Crippen molar-refractivity contribution in [1.82, 2.24) is 10.2 Å². The molecule has 1 aliphatic rings. The summed E-state index contributed by atoms with van der Waals surface area (Å²) in [6.07, 6.45) is 4.86. The average Bonchev–Trinajstić information content (AvgIpc) is 2.63. The molecule has 84 valence electrons. The molecular weight excluding hydrogens is 192 g/mol. The molecule has 1 heterocycles. The molecule has 0 aliphatic carbocycles. The molecule has 2 unspecified atom stereocenters. The van der Waals surface area contributed by atoms with E-state index < -0.39 is 0 Å². The number of thioether (sulfide) groups is 1. The van der Waals surface area contributed by atoms with Crippen molar-refractivity contribution in [2.24, 2.45) is 0 Å². The first-order valence-corrected chi connectivity index (χ1v) is 7.13. The standard InChI is InChI=1S/C11H24N2S/c1-4-12-11-5-7-13(9-11)10(2)6-8-14-3/h10-12H,4-9H2,1-3H3. The summed E-state index contributed by atoms with van der Waals surface area (Å²) in [6.45, 7) is 8.21. The van der Waals surface area contributed by atoms with Crippen LogP contribution in [0.5, 0.6) is 0 Å².